The van der Waals surface area contributed by atoms with Crippen LogP contribution in [-0.2, 0) is 38.8 Å². The van der Waals surface area contributed by atoms with Crippen molar-refractivity contribution in [1.82, 2.24) is 19.5 Å². The van der Waals surface area contributed by atoms with E-state index in [1.54, 1.807) is 6.33 Å². The van der Waals surface area contributed by atoms with Crippen LogP contribution >= 0.6 is 0 Å². The van der Waals surface area contributed by atoms with Gasteiger partial charge < -0.3 is 24.7 Å². The van der Waals surface area contributed by atoms with Crippen LogP contribution < -0.4 is 5.73 Å². The van der Waals surface area contributed by atoms with E-state index in [4.69, 9.17) is 24.7 Å². The van der Waals surface area contributed by atoms with E-state index in [0.29, 0.717) is 43.4 Å². The minimum Gasteiger partial charge on any atom is -0.382 e. The largest absolute Gasteiger partial charge is 0.382 e. The standard InChI is InChI=1S/C31H31N5O4/c32-29-26-30(34-20-33-29)36(21-35-26)31-28(39-18-24-14-8-3-9-15-24)27(38-17-23-12-6-2-7-13-23)25(40-31)19-37-16-22-10-4-1-5-11-22/h1-15,20-21,25,27-28,31H,16-19H2,(H2,32,33,34). The molecule has 204 valence electrons. The molecule has 40 heavy (non-hydrogen) atoms. The van der Waals surface area contributed by atoms with Crippen molar-refractivity contribution >= 4 is 17.0 Å². The van der Waals surface area contributed by atoms with E-state index < -0.39 is 24.5 Å². The average Bonchev–Trinajstić information content (AvgIpc) is 3.58. The Hall–Kier alpha value is -4.15. The molecular weight excluding hydrogens is 506 g/mol. The molecule has 0 bridgehead atoms. The SMILES string of the molecule is Nc1ncnc2c1ncn2C1OC(COCc2ccccc2)C(OCc2ccccc2)C1OCc1ccccc1. The summed E-state index contributed by atoms with van der Waals surface area (Å²) in [4.78, 5) is 13.0. The number of benzene rings is 3. The lowest BCUT2D eigenvalue weighted by Crippen LogP contribution is -2.38. The molecule has 5 aromatic rings. The molecule has 6 rings (SSSR count). The van der Waals surface area contributed by atoms with Gasteiger partial charge >= 0.3 is 0 Å². The number of nitrogens with two attached hydrogens (primary N) is 1. The lowest BCUT2D eigenvalue weighted by atomic mass is 10.1. The van der Waals surface area contributed by atoms with E-state index >= 15 is 0 Å². The maximum Gasteiger partial charge on any atom is 0.167 e. The Morgan fingerprint density at radius 2 is 1.27 bits per heavy atom. The van der Waals surface area contributed by atoms with Crippen molar-refractivity contribution in [2.45, 2.75) is 44.4 Å². The molecule has 0 spiro atoms. The number of rotatable bonds is 11. The van der Waals surface area contributed by atoms with Crippen molar-refractivity contribution in [1.29, 1.82) is 0 Å². The van der Waals surface area contributed by atoms with Gasteiger partial charge in [0.15, 0.2) is 17.7 Å². The summed E-state index contributed by atoms with van der Waals surface area (Å²) in [5.74, 6) is 0.308. The van der Waals surface area contributed by atoms with Crippen LogP contribution in [-0.4, -0.2) is 44.4 Å². The van der Waals surface area contributed by atoms with E-state index in [1.165, 1.54) is 6.33 Å². The van der Waals surface area contributed by atoms with Crippen LogP contribution in [0.25, 0.3) is 11.2 Å². The zero-order valence-electron chi connectivity index (χ0n) is 22.0. The number of hydrogen-bond donors (Lipinski definition) is 1. The third-order valence-electron chi connectivity index (χ3n) is 6.91. The number of ether oxygens (including phenoxy) is 4. The average molecular weight is 538 g/mol. The third-order valence-corrected chi connectivity index (χ3v) is 6.91. The molecule has 1 fully saturated rings. The van der Waals surface area contributed by atoms with Gasteiger partial charge in [0.05, 0.1) is 32.8 Å². The Balaban J connectivity index is 1.29. The van der Waals surface area contributed by atoms with E-state index in [2.05, 4.69) is 15.0 Å². The molecule has 1 aliphatic heterocycles. The van der Waals surface area contributed by atoms with Crippen molar-refractivity contribution in [2.75, 3.05) is 12.3 Å². The first-order valence-electron chi connectivity index (χ1n) is 13.3. The van der Waals surface area contributed by atoms with E-state index in [9.17, 15) is 0 Å². The van der Waals surface area contributed by atoms with Gasteiger partial charge in [0.2, 0.25) is 0 Å². The van der Waals surface area contributed by atoms with Gasteiger partial charge in [-0.1, -0.05) is 91.0 Å². The maximum atomic E-state index is 6.64. The lowest BCUT2D eigenvalue weighted by Gasteiger charge is -2.25. The Bertz CT molecular complexity index is 1500. The lowest BCUT2D eigenvalue weighted by molar-refractivity contribution is -0.0913. The topological polar surface area (TPSA) is 107 Å². The highest BCUT2D eigenvalue weighted by atomic mass is 16.6. The Kier molecular flexibility index (Phi) is 8.06. The van der Waals surface area contributed by atoms with Crippen LogP contribution in [0.3, 0.4) is 0 Å². The fourth-order valence-electron chi connectivity index (χ4n) is 4.90. The van der Waals surface area contributed by atoms with Gasteiger partial charge in [-0.2, -0.15) is 0 Å². The second-order valence-corrected chi connectivity index (χ2v) is 9.67. The second-order valence-electron chi connectivity index (χ2n) is 9.67. The molecule has 1 saturated heterocycles. The predicted octanol–water partition coefficient (Wildman–Crippen LogP) is 4.69. The molecule has 4 atom stereocenters. The van der Waals surface area contributed by atoms with Gasteiger partial charge in [-0.15, -0.1) is 0 Å². The highest BCUT2D eigenvalue weighted by Crippen LogP contribution is 2.37. The first-order chi connectivity index (χ1) is 19.8. The van der Waals surface area contributed by atoms with Crippen LogP contribution in [0.1, 0.15) is 22.9 Å². The Labute approximate surface area is 232 Å². The summed E-state index contributed by atoms with van der Waals surface area (Å²) in [6.45, 7) is 1.57. The Morgan fingerprint density at radius 3 is 1.90 bits per heavy atom. The zero-order valence-corrected chi connectivity index (χ0v) is 22.0. The summed E-state index contributed by atoms with van der Waals surface area (Å²) in [6.07, 6.45) is 1.20. The quantitative estimate of drug-likeness (QED) is 0.259. The molecule has 2 aromatic heterocycles. The van der Waals surface area contributed by atoms with Crippen LogP contribution in [0, 0.1) is 0 Å². The first kappa shape index (κ1) is 26.1. The van der Waals surface area contributed by atoms with Crippen LogP contribution in [0.5, 0.6) is 0 Å². The molecule has 4 unspecified atom stereocenters. The summed E-state index contributed by atoms with van der Waals surface area (Å²) in [5, 5.41) is 0. The van der Waals surface area contributed by atoms with Crippen LogP contribution in [0.15, 0.2) is 104 Å². The minimum absolute atomic E-state index is 0.308. The van der Waals surface area contributed by atoms with E-state index in [1.807, 2.05) is 95.6 Å². The fourth-order valence-corrected chi connectivity index (χ4v) is 4.90. The number of aromatic nitrogens is 4. The summed E-state index contributed by atoms with van der Waals surface area (Å²) in [5.41, 5.74) is 10.4. The predicted molar refractivity (Wildman–Crippen MR) is 150 cm³/mol. The number of nitrogen functional groups attached to an aromatic ring is 1. The zero-order chi connectivity index (χ0) is 27.1. The molecule has 9 heteroatoms. The molecule has 9 nitrogen and oxygen atoms in total. The van der Waals surface area contributed by atoms with Crippen molar-refractivity contribution in [3.63, 3.8) is 0 Å². The van der Waals surface area contributed by atoms with Crippen molar-refractivity contribution in [2.24, 2.45) is 0 Å². The van der Waals surface area contributed by atoms with Gasteiger partial charge in [0.1, 0.15) is 30.2 Å². The highest BCUT2D eigenvalue weighted by Gasteiger charge is 2.48. The molecule has 0 radical (unpaired) electrons. The van der Waals surface area contributed by atoms with E-state index in [-0.39, 0.29) is 0 Å². The van der Waals surface area contributed by atoms with Gasteiger partial charge in [-0.3, -0.25) is 4.57 Å². The smallest absolute Gasteiger partial charge is 0.167 e. The van der Waals surface area contributed by atoms with Crippen LogP contribution in [0.2, 0.25) is 0 Å². The number of hydrogen-bond acceptors (Lipinski definition) is 8. The molecule has 1 aliphatic rings. The molecule has 0 aliphatic carbocycles. The Morgan fingerprint density at radius 1 is 0.700 bits per heavy atom. The first-order valence-corrected chi connectivity index (χ1v) is 13.3. The minimum atomic E-state index is -0.575. The van der Waals surface area contributed by atoms with Crippen molar-refractivity contribution < 1.29 is 18.9 Å². The van der Waals surface area contributed by atoms with Crippen LogP contribution in [0.4, 0.5) is 5.82 Å². The number of nitrogens with zero attached hydrogens (tertiary/aromatic N) is 4. The monoisotopic (exact) mass is 537 g/mol. The van der Waals surface area contributed by atoms with E-state index in [0.717, 1.165) is 16.7 Å². The van der Waals surface area contributed by atoms with Gasteiger partial charge in [0, 0.05) is 0 Å². The fraction of sp³-hybridized carbons (Fsp3) is 0.258. The summed E-state index contributed by atoms with van der Waals surface area (Å²) in [6, 6.07) is 30.2. The number of anilines is 1. The third kappa shape index (κ3) is 5.88. The van der Waals surface area contributed by atoms with Crippen molar-refractivity contribution in [3.05, 3.63) is 120 Å². The van der Waals surface area contributed by atoms with Gasteiger partial charge in [-0.05, 0) is 16.7 Å². The van der Waals surface area contributed by atoms with Crippen molar-refractivity contribution in [3.8, 4) is 0 Å². The summed E-state index contributed by atoms with van der Waals surface area (Å²) < 4.78 is 27.7. The molecule has 3 aromatic carbocycles. The highest BCUT2D eigenvalue weighted by molar-refractivity contribution is 5.81. The van der Waals surface area contributed by atoms with Gasteiger partial charge in [-0.25, -0.2) is 15.0 Å². The molecule has 3 heterocycles. The summed E-state index contributed by atoms with van der Waals surface area (Å²) in [7, 11) is 0. The second kappa shape index (κ2) is 12.4. The van der Waals surface area contributed by atoms with Gasteiger partial charge in [0.25, 0.3) is 0 Å². The summed E-state index contributed by atoms with van der Waals surface area (Å²) >= 11 is 0. The molecule has 0 amide bonds. The molecule has 2 N–H and O–H groups in total. The molecular formula is C31H31N5O4. The number of imidazole rings is 1. The molecule has 0 saturated carbocycles. The normalized spacial score (nSPS) is 20.7. The number of fused-ring (bicyclic) bond motifs is 1. The maximum absolute atomic E-state index is 6.64.